The van der Waals surface area contributed by atoms with Gasteiger partial charge in [0.05, 0.1) is 12.2 Å². The summed E-state index contributed by atoms with van der Waals surface area (Å²) in [5.41, 5.74) is 0.0124. The van der Waals surface area contributed by atoms with Crippen LogP contribution < -0.4 is 0 Å². The van der Waals surface area contributed by atoms with Gasteiger partial charge in [-0.1, -0.05) is 7.74 Å². The maximum absolute atomic E-state index is 11.1. The number of hydrogen-bond donors (Lipinski definition) is 0. The van der Waals surface area contributed by atoms with E-state index in [4.69, 9.17) is 30.9 Å². The van der Waals surface area contributed by atoms with Gasteiger partial charge < -0.3 is 4.79 Å². The summed E-state index contributed by atoms with van der Waals surface area (Å²) in [7, 11) is 22.2. The lowest BCUT2D eigenvalue weighted by molar-refractivity contribution is -0.110. The maximum atomic E-state index is 11.1. The zero-order chi connectivity index (χ0) is 9.89. The van der Waals surface area contributed by atoms with Crippen LogP contribution in [0.1, 0.15) is 6.92 Å². The number of hydrogen-bond acceptors (Lipinski definition) is 1. The van der Waals surface area contributed by atoms with Crippen molar-refractivity contribution in [3.8, 4) is 0 Å². The average Bonchev–Trinajstić information content (AvgIpc) is 1.85. The van der Waals surface area contributed by atoms with E-state index in [0.29, 0.717) is 0 Å². The van der Waals surface area contributed by atoms with Gasteiger partial charge >= 0.3 is 0 Å². The zero-order valence-electron chi connectivity index (χ0n) is 6.66. The van der Waals surface area contributed by atoms with E-state index in [0.717, 1.165) is 0 Å². The Morgan fingerprint density at radius 2 is 1.83 bits per heavy atom. The second-order valence-corrected chi connectivity index (χ2v) is 2.70. The fraction of sp³-hybridized carbons (Fsp3) is 0.500. The maximum Gasteiger partial charge on any atom is 0.0658 e. The second-order valence-electron chi connectivity index (χ2n) is 2.70. The highest BCUT2D eigenvalue weighted by Gasteiger charge is 2.23. The molecule has 0 spiro atoms. The summed E-state index contributed by atoms with van der Waals surface area (Å²) in [6.07, 6.45) is -1.88. The molecule has 0 aliphatic carbocycles. The Kier molecular flexibility index (Phi) is 5.19. The van der Waals surface area contributed by atoms with Crippen LogP contribution in [0.5, 0.6) is 0 Å². The van der Waals surface area contributed by atoms with Crippen LogP contribution in [0.4, 0.5) is 0 Å². The van der Waals surface area contributed by atoms with E-state index in [1.807, 2.05) is 0 Å². The van der Waals surface area contributed by atoms with E-state index < -0.39 is 12.8 Å². The van der Waals surface area contributed by atoms with Crippen molar-refractivity contribution in [2.24, 2.45) is 0 Å². The second kappa shape index (κ2) is 5.09. The van der Waals surface area contributed by atoms with Gasteiger partial charge in [-0.25, -0.2) is 15.5 Å². The molecule has 0 aromatic heterocycles. The summed E-state index contributed by atoms with van der Waals surface area (Å²) in [6, 6.07) is 0. The smallest absolute Gasteiger partial charge is 0.0658 e. The first kappa shape index (κ1) is 12.3. The highest BCUT2D eigenvalue weighted by atomic mass is 16.1. The van der Waals surface area contributed by atoms with Gasteiger partial charge in [-0.15, -0.1) is 19.2 Å². The minimum absolute atomic E-state index is 0.0124. The average molecular weight is 144 g/mol. The van der Waals surface area contributed by atoms with Crippen molar-refractivity contribution in [3.05, 3.63) is 0 Å². The van der Waals surface area contributed by atoms with Crippen molar-refractivity contribution >= 4 is 70.0 Å². The van der Waals surface area contributed by atoms with Crippen LogP contribution >= 0.6 is 0 Å². The predicted molar refractivity (Wildman–Crippen MR) is 68.0 cm³/mol. The Bertz CT molecular complexity index is 155. The van der Waals surface area contributed by atoms with Gasteiger partial charge in [0.15, 0.2) is 0 Å². The minimum Gasteiger partial charge on any atom is -0.313 e. The van der Waals surface area contributed by atoms with E-state index in [1.54, 1.807) is 0 Å². The van der Waals surface area contributed by atoms with Gasteiger partial charge in [-0.2, -0.15) is 0 Å². The molecule has 0 aliphatic rings. The number of rotatable bonds is 4. The molecule has 0 aromatic rings. The Balaban J connectivity index is 4.40. The lowest BCUT2D eigenvalue weighted by atomic mass is 8.63. The summed E-state index contributed by atoms with van der Waals surface area (Å²) in [5, 5.41) is 0. The van der Waals surface area contributed by atoms with E-state index in [-0.39, 0.29) is 26.3 Å². The Morgan fingerprint density at radius 3 is 1.92 bits per heavy atom. The van der Waals surface area contributed by atoms with Gasteiger partial charge in [0, 0.05) is 0 Å². The van der Waals surface area contributed by atoms with Crippen LogP contribution in [-0.4, -0.2) is 70.0 Å². The molecule has 0 amide bonds. The topological polar surface area (TPSA) is 17.1 Å². The standard InChI is InChI=1S/C2H7B9O/c1-2(12)8(9(3)4)11(7)10(5)6/h10H,1,3H3/q-2. The van der Waals surface area contributed by atoms with Crippen LogP contribution in [0.2, 0.25) is 0 Å². The molecule has 12 heavy (non-hydrogen) atoms. The summed E-state index contributed by atoms with van der Waals surface area (Å²) in [5.74, 6) is 0. The van der Waals surface area contributed by atoms with E-state index in [1.165, 1.54) is 6.92 Å². The Morgan fingerprint density at radius 1 is 1.42 bits per heavy atom. The first-order chi connectivity index (χ1) is 5.37. The summed E-state index contributed by atoms with van der Waals surface area (Å²) in [4.78, 5) is 11.1. The van der Waals surface area contributed by atoms with Crippen LogP contribution in [0.3, 0.4) is 0 Å². The quantitative estimate of drug-likeness (QED) is 0.364. The largest absolute Gasteiger partial charge is 0.313 e. The summed E-state index contributed by atoms with van der Waals surface area (Å²) >= 11 is 0. The Labute approximate surface area is 82.2 Å². The molecule has 1 nitrogen and oxygen atoms in total. The van der Waals surface area contributed by atoms with Gasteiger partial charge in [0.1, 0.15) is 0 Å². The predicted octanol–water partition coefficient (Wildman–Crippen LogP) is -4.42. The van der Waals surface area contributed by atoms with E-state index >= 15 is 0 Å². The molecule has 8 radical (unpaired) electrons. The van der Waals surface area contributed by atoms with Gasteiger partial charge in [-0.3, -0.25) is 0 Å². The molecule has 0 unspecified atom stereocenters. The third-order valence-corrected chi connectivity index (χ3v) is 1.68. The first-order valence-electron chi connectivity index (χ1n) is 3.55. The van der Waals surface area contributed by atoms with Crippen LogP contribution in [-0.2, 0) is 4.79 Å². The molecule has 0 heterocycles. The Hall–Kier alpha value is 0.254. The fourth-order valence-electron chi connectivity index (χ4n) is 0.873. The molecule has 0 N–H and O–H groups in total. The van der Waals surface area contributed by atoms with Crippen LogP contribution in [0, 0.1) is 0 Å². The van der Waals surface area contributed by atoms with Gasteiger partial charge in [0.25, 0.3) is 0 Å². The molecule has 0 aliphatic heterocycles. The first-order valence-corrected chi connectivity index (χ1v) is 3.55. The van der Waals surface area contributed by atoms with E-state index in [9.17, 15) is 4.79 Å². The molecule has 0 aromatic carbocycles. The van der Waals surface area contributed by atoms with Crippen molar-refractivity contribution in [1.29, 1.82) is 0 Å². The lowest BCUT2D eigenvalue weighted by Crippen LogP contribution is -2.62. The normalized spacial score (nSPS) is 9.58. The lowest BCUT2D eigenvalue weighted by Gasteiger charge is -2.32. The molecule has 0 rings (SSSR count). The fourth-order valence-corrected chi connectivity index (χ4v) is 0.873. The summed E-state index contributed by atoms with van der Waals surface area (Å²) in [6.45, 7) is 1.19. The van der Waals surface area contributed by atoms with Crippen molar-refractivity contribution in [3.63, 3.8) is 0 Å². The van der Waals surface area contributed by atoms with Crippen molar-refractivity contribution in [2.75, 3.05) is 0 Å². The number of carbonyl (C=O) groups excluding carboxylic acids is 1. The van der Waals surface area contributed by atoms with Gasteiger partial charge in [-0.05, 0) is 22.4 Å². The summed E-state index contributed by atoms with van der Waals surface area (Å²) < 4.78 is 0. The van der Waals surface area contributed by atoms with Crippen molar-refractivity contribution < 1.29 is 4.79 Å². The molecule has 0 fully saturated rings. The molecule has 10 heteroatoms. The van der Waals surface area contributed by atoms with Crippen molar-refractivity contribution in [2.45, 2.75) is 6.92 Å². The molecule has 0 atom stereocenters. The molecule has 50 valence electrons. The molecule has 0 bridgehead atoms. The van der Waals surface area contributed by atoms with Crippen LogP contribution in [0.15, 0.2) is 0 Å². The molecule has 0 saturated carbocycles. The van der Waals surface area contributed by atoms with Crippen LogP contribution in [0.25, 0.3) is 0 Å². The third-order valence-electron chi connectivity index (χ3n) is 1.68. The van der Waals surface area contributed by atoms with E-state index in [2.05, 4.69) is 0 Å². The zero-order valence-corrected chi connectivity index (χ0v) is 6.66. The molecular formula is C2H7B9O-2. The SMILES string of the molecule is [B]B([BH3-])B(B([B])[BH-]([B])[B])C(C)=O. The molecular weight excluding hydrogens is 137 g/mol. The molecule has 0 saturated heterocycles. The third kappa shape index (κ3) is 3.32. The highest BCUT2D eigenvalue weighted by molar-refractivity contribution is 7.95. The number of carbonyl (C=O) groups is 1. The minimum atomic E-state index is -1.42. The highest BCUT2D eigenvalue weighted by Crippen LogP contribution is 1.92. The van der Waals surface area contributed by atoms with Gasteiger partial charge in [0.2, 0.25) is 0 Å². The monoisotopic (exact) mass is 146 g/mol. The van der Waals surface area contributed by atoms with Crippen molar-refractivity contribution in [1.82, 2.24) is 0 Å².